The molecule has 1 fully saturated rings. The molecule has 0 bridgehead atoms. The molecule has 2 heterocycles. The molecule has 0 spiro atoms. The number of fused-ring (bicyclic) bond motifs is 1. The number of pyridine rings is 1. The van der Waals surface area contributed by atoms with Crippen molar-refractivity contribution in [2.75, 3.05) is 58.8 Å². The first-order valence-electron chi connectivity index (χ1n) is 14.5. The summed E-state index contributed by atoms with van der Waals surface area (Å²) < 4.78 is 32.8. The van der Waals surface area contributed by atoms with Crippen molar-refractivity contribution in [1.82, 2.24) is 20.1 Å². The molecule has 11 heteroatoms. The Bertz CT molecular complexity index is 1610. The zero-order valence-electron chi connectivity index (χ0n) is 24.8. The van der Waals surface area contributed by atoms with Crippen molar-refractivity contribution in [3.8, 4) is 23.0 Å². The van der Waals surface area contributed by atoms with E-state index in [9.17, 15) is 4.79 Å². The van der Waals surface area contributed by atoms with Crippen molar-refractivity contribution in [2.45, 2.75) is 12.8 Å². The SMILES string of the molecule is COc1cc2c(Oc3ccc(NC(=S)NC(=O)Cc4ccccc4)cc3F)ccnc2cc1OCCN1CCCN(C)CC1. The summed E-state index contributed by atoms with van der Waals surface area (Å²) in [6.45, 7) is 5.57. The number of likely N-dealkylation sites (N-methyl/N-ethyl adjacent to an activating group) is 1. The lowest BCUT2D eigenvalue weighted by Crippen LogP contribution is -2.35. The number of ether oxygens (including phenoxy) is 3. The number of thiocarbonyl (C=S) groups is 1. The Morgan fingerprint density at radius 1 is 0.977 bits per heavy atom. The molecule has 1 amide bonds. The number of hydrogen-bond donors (Lipinski definition) is 2. The number of anilines is 1. The highest BCUT2D eigenvalue weighted by Crippen LogP contribution is 2.37. The van der Waals surface area contributed by atoms with Gasteiger partial charge in [-0.1, -0.05) is 30.3 Å². The molecule has 4 aromatic rings. The largest absolute Gasteiger partial charge is 0.493 e. The molecule has 0 atom stereocenters. The van der Waals surface area contributed by atoms with Crippen LogP contribution in [0.15, 0.2) is 72.9 Å². The Hall–Kier alpha value is -4.32. The molecule has 9 nitrogen and oxygen atoms in total. The van der Waals surface area contributed by atoms with E-state index < -0.39 is 5.82 Å². The molecule has 1 saturated heterocycles. The first kappa shape index (κ1) is 31.1. The van der Waals surface area contributed by atoms with Crippen LogP contribution in [0.1, 0.15) is 12.0 Å². The molecular weight excluding hydrogens is 581 g/mol. The van der Waals surface area contributed by atoms with Gasteiger partial charge in [-0.2, -0.15) is 0 Å². The number of rotatable bonds is 10. The number of nitrogens with one attached hydrogen (secondary N) is 2. The van der Waals surface area contributed by atoms with E-state index in [1.54, 1.807) is 31.5 Å². The molecule has 1 aromatic heterocycles. The zero-order valence-corrected chi connectivity index (χ0v) is 25.7. The molecule has 1 aliphatic heterocycles. The van der Waals surface area contributed by atoms with Crippen molar-refractivity contribution in [1.29, 1.82) is 0 Å². The average Bonchev–Trinajstić information content (AvgIpc) is 3.22. The van der Waals surface area contributed by atoms with Gasteiger partial charge in [0, 0.05) is 49.0 Å². The number of benzene rings is 3. The third kappa shape index (κ3) is 8.40. The lowest BCUT2D eigenvalue weighted by molar-refractivity contribution is -0.119. The Labute approximate surface area is 261 Å². The van der Waals surface area contributed by atoms with E-state index in [1.165, 1.54) is 12.1 Å². The number of carbonyl (C=O) groups is 1. The van der Waals surface area contributed by atoms with Crippen LogP contribution in [0.3, 0.4) is 0 Å². The molecule has 3 aromatic carbocycles. The minimum absolute atomic E-state index is 0.0180. The van der Waals surface area contributed by atoms with Crippen molar-refractivity contribution >= 4 is 39.8 Å². The summed E-state index contributed by atoms with van der Waals surface area (Å²) in [5, 5.41) is 6.18. The number of hydrogen-bond acceptors (Lipinski definition) is 8. The normalized spacial score (nSPS) is 14.1. The maximum atomic E-state index is 15.1. The molecule has 0 saturated carbocycles. The van der Waals surface area contributed by atoms with Gasteiger partial charge in [0.05, 0.1) is 19.0 Å². The fourth-order valence-corrected chi connectivity index (χ4v) is 5.22. The standard InChI is InChI=1S/C33H36FN5O4S/c1-38-13-6-14-39(16-15-38)17-18-42-31-22-27-25(21-30(31)41-2)28(11-12-35-27)43-29-10-9-24(20-26(29)34)36-33(44)37-32(40)19-23-7-4-3-5-8-23/h3-5,7-12,20-22H,6,13-19H2,1-2H3,(H2,36,37,40,44). The number of halogens is 1. The fourth-order valence-electron chi connectivity index (χ4n) is 4.99. The lowest BCUT2D eigenvalue weighted by Gasteiger charge is -2.20. The van der Waals surface area contributed by atoms with Crippen LogP contribution in [-0.2, 0) is 11.2 Å². The van der Waals surface area contributed by atoms with Crippen molar-refractivity contribution in [2.24, 2.45) is 0 Å². The second-order valence-electron chi connectivity index (χ2n) is 10.6. The van der Waals surface area contributed by atoms with Crippen LogP contribution in [0.25, 0.3) is 10.9 Å². The Morgan fingerprint density at radius 2 is 1.82 bits per heavy atom. The van der Waals surface area contributed by atoms with Crippen LogP contribution in [0.4, 0.5) is 10.1 Å². The predicted molar refractivity (Wildman–Crippen MR) is 173 cm³/mol. The van der Waals surface area contributed by atoms with Crippen LogP contribution in [-0.4, -0.2) is 79.3 Å². The molecule has 0 radical (unpaired) electrons. The van der Waals surface area contributed by atoms with E-state index in [-0.39, 0.29) is 23.2 Å². The van der Waals surface area contributed by atoms with Gasteiger partial charge in [0.15, 0.2) is 28.2 Å². The zero-order chi connectivity index (χ0) is 30.9. The van der Waals surface area contributed by atoms with Gasteiger partial charge in [0.1, 0.15) is 12.4 Å². The first-order valence-corrected chi connectivity index (χ1v) is 14.9. The van der Waals surface area contributed by atoms with Crippen LogP contribution in [0.2, 0.25) is 0 Å². The second-order valence-corrected chi connectivity index (χ2v) is 11.0. The molecule has 44 heavy (non-hydrogen) atoms. The van der Waals surface area contributed by atoms with E-state index >= 15 is 4.39 Å². The van der Waals surface area contributed by atoms with Crippen molar-refractivity contribution in [3.05, 3.63) is 84.3 Å². The third-order valence-corrected chi connectivity index (χ3v) is 7.54. The summed E-state index contributed by atoms with van der Waals surface area (Å²) in [4.78, 5) is 21.5. The summed E-state index contributed by atoms with van der Waals surface area (Å²) in [5.41, 5.74) is 1.86. The smallest absolute Gasteiger partial charge is 0.230 e. The number of amides is 1. The van der Waals surface area contributed by atoms with Gasteiger partial charge >= 0.3 is 0 Å². The Kier molecular flexibility index (Phi) is 10.5. The minimum atomic E-state index is -0.606. The topological polar surface area (TPSA) is 88.2 Å². The summed E-state index contributed by atoms with van der Waals surface area (Å²) in [6, 6.07) is 19.0. The van der Waals surface area contributed by atoms with Gasteiger partial charge < -0.3 is 29.7 Å². The first-order chi connectivity index (χ1) is 21.4. The Balaban J connectivity index is 1.22. The van der Waals surface area contributed by atoms with Crippen molar-refractivity contribution < 1.29 is 23.4 Å². The third-order valence-electron chi connectivity index (χ3n) is 7.33. The average molecular weight is 618 g/mol. The fraction of sp³-hybridized carbons (Fsp3) is 0.303. The van der Waals surface area contributed by atoms with Gasteiger partial charge in [-0.3, -0.25) is 14.7 Å². The Morgan fingerprint density at radius 3 is 2.61 bits per heavy atom. The maximum Gasteiger partial charge on any atom is 0.230 e. The second kappa shape index (κ2) is 14.9. The summed E-state index contributed by atoms with van der Waals surface area (Å²) >= 11 is 5.24. The molecule has 2 N–H and O–H groups in total. The van der Waals surface area contributed by atoms with Gasteiger partial charge in [0.25, 0.3) is 0 Å². The summed E-state index contributed by atoms with van der Waals surface area (Å²) in [6.07, 6.45) is 2.92. The number of nitrogens with zero attached hydrogens (tertiary/aromatic N) is 3. The number of aromatic nitrogens is 1. The number of carbonyl (C=O) groups excluding carboxylic acids is 1. The molecule has 5 rings (SSSR count). The maximum absolute atomic E-state index is 15.1. The predicted octanol–water partition coefficient (Wildman–Crippen LogP) is 5.25. The van der Waals surface area contributed by atoms with Crippen molar-refractivity contribution in [3.63, 3.8) is 0 Å². The van der Waals surface area contributed by atoms with Gasteiger partial charge in [-0.15, -0.1) is 0 Å². The molecule has 0 unspecified atom stereocenters. The van der Waals surface area contributed by atoms with E-state index in [0.29, 0.717) is 40.4 Å². The van der Waals surface area contributed by atoms with Crippen LogP contribution in [0.5, 0.6) is 23.0 Å². The van der Waals surface area contributed by atoms with Gasteiger partial charge in [0.2, 0.25) is 5.91 Å². The summed E-state index contributed by atoms with van der Waals surface area (Å²) in [5.74, 6) is 0.679. The van der Waals surface area contributed by atoms with E-state index in [2.05, 4.69) is 32.5 Å². The van der Waals surface area contributed by atoms with E-state index in [1.807, 2.05) is 36.4 Å². The van der Waals surface area contributed by atoms with Crippen LogP contribution < -0.4 is 24.8 Å². The van der Waals surface area contributed by atoms with Crippen LogP contribution >= 0.6 is 12.2 Å². The van der Waals surface area contributed by atoms with Gasteiger partial charge in [-0.25, -0.2) is 4.39 Å². The highest BCUT2D eigenvalue weighted by molar-refractivity contribution is 7.80. The highest BCUT2D eigenvalue weighted by Gasteiger charge is 2.16. The monoisotopic (exact) mass is 617 g/mol. The minimum Gasteiger partial charge on any atom is -0.493 e. The molecule has 1 aliphatic rings. The lowest BCUT2D eigenvalue weighted by atomic mass is 10.1. The van der Waals surface area contributed by atoms with E-state index in [0.717, 1.165) is 44.7 Å². The highest BCUT2D eigenvalue weighted by atomic mass is 32.1. The molecule has 230 valence electrons. The number of methoxy groups -OCH3 is 1. The molecule has 0 aliphatic carbocycles. The van der Waals surface area contributed by atoms with Crippen LogP contribution in [0, 0.1) is 5.82 Å². The summed E-state index contributed by atoms with van der Waals surface area (Å²) in [7, 11) is 3.73. The van der Waals surface area contributed by atoms with E-state index in [4.69, 9.17) is 26.4 Å². The molecular formula is C33H36FN5O4S. The van der Waals surface area contributed by atoms with Gasteiger partial charge in [-0.05, 0) is 68.6 Å². The quantitative estimate of drug-likeness (QED) is 0.232.